The first kappa shape index (κ1) is 15.7. The lowest BCUT2D eigenvalue weighted by molar-refractivity contribution is -0.139. The molecule has 0 spiro atoms. The second-order valence-corrected chi connectivity index (χ2v) is 3.93. The van der Waals surface area contributed by atoms with Crippen molar-refractivity contribution in [2.45, 2.75) is 45.2 Å². The van der Waals surface area contributed by atoms with Crippen LogP contribution in [0.25, 0.3) is 0 Å². The van der Waals surface area contributed by atoms with Crippen LogP contribution < -0.4 is 5.32 Å². The fraction of sp³-hybridized carbons (Fsp3) is 0.818. The predicted octanol–water partition coefficient (Wildman–Crippen LogP) is 0.652. The predicted molar refractivity (Wildman–Crippen MR) is 63.8 cm³/mol. The van der Waals surface area contributed by atoms with Crippen LogP contribution in [0.4, 0.5) is 4.79 Å². The van der Waals surface area contributed by atoms with Crippen molar-refractivity contribution in [3.63, 3.8) is 0 Å². The van der Waals surface area contributed by atoms with Crippen molar-refractivity contribution in [2.75, 3.05) is 13.7 Å². The van der Waals surface area contributed by atoms with Gasteiger partial charge in [-0.25, -0.2) is 9.59 Å². The Bertz CT molecular complexity index is 254. The number of hydrogen-bond donors (Lipinski definition) is 3. The monoisotopic (exact) mass is 246 g/mol. The molecule has 0 aliphatic heterocycles. The molecule has 0 saturated heterocycles. The second kappa shape index (κ2) is 7.89. The minimum Gasteiger partial charge on any atom is -0.480 e. The molecule has 17 heavy (non-hydrogen) atoms. The lowest BCUT2D eigenvalue weighted by atomic mass is 10.1. The number of carbonyl (C=O) groups is 2. The molecule has 0 aliphatic rings. The third-order valence-electron chi connectivity index (χ3n) is 2.82. The van der Waals surface area contributed by atoms with Gasteiger partial charge in [0.05, 0.1) is 0 Å². The molecular formula is C11H22N2O4. The van der Waals surface area contributed by atoms with Gasteiger partial charge in [-0.05, 0) is 12.8 Å². The number of aliphatic hydroxyl groups excluding tert-OH is 1. The van der Waals surface area contributed by atoms with Crippen LogP contribution in [0.15, 0.2) is 0 Å². The largest absolute Gasteiger partial charge is 0.480 e. The number of carboxylic acids is 1. The fourth-order valence-electron chi connectivity index (χ4n) is 1.64. The van der Waals surface area contributed by atoms with Crippen LogP contribution in [0.1, 0.15) is 33.1 Å². The van der Waals surface area contributed by atoms with Gasteiger partial charge in [0.15, 0.2) is 0 Å². The van der Waals surface area contributed by atoms with E-state index in [1.807, 2.05) is 13.8 Å². The zero-order valence-electron chi connectivity index (χ0n) is 10.6. The third kappa shape index (κ3) is 5.04. The van der Waals surface area contributed by atoms with Gasteiger partial charge in [0, 0.05) is 26.1 Å². The Balaban J connectivity index is 4.44. The molecule has 0 unspecified atom stereocenters. The van der Waals surface area contributed by atoms with E-state index in [1.54, 1.807) is 7.05 Å². The molecule has 100 valence electrons. The van der Waals surface area contributed by atoms with Crippen LogP contribution in [0.2, 0.25) is 0 Å². The van der Waals surface area contributed by atoms with Crippen molar-refractivity contribution in [1.82, 2.24) is 10.2 Å². The Morgan fingerprint density at radius 2 is 1.82 bits per heavy atom. The van der Waals surface area contributed by atoms with E-state index in [0.29, 0.717) is 0 Å². The molecule has 2 amide bonds. The highest BCUT2D eigenvalue weighted by atomic mass is 16.4. The van der Waals surface area contributed by atoms with Crippen LogP contribution in [0, 0.1) is 0 Å². The molecule has 0 heterocycles. The van der Waals surface area contributed by atoms with Gasteiger partial charge in [0.2, 0.25) is 0 Å². The molecule has 0 aromatic carbocycles. The lowest BCUT2D eigenvalue weighted by Crippen LogP contribution is -2.49. The molecule has 0 radical (unpaired) electrons. The average molecular weight is 246 g/mol. The molecule has 6 nitrogen and oxygen atoms in total. The number of aliphatic carboxylic acids is 1. The summed E-state index contributed by atoms with van der Waals surface area (Å²) in [7, 11) is 1.64. The van der Waals surface area contributed by atoms with E-state index in [1.165, 1.54) is 4.90 Å². The van der Waals surface area contributed by atoms with E-state index in [9.17, 15) is 9.59 Å². The van der Waals surface area contributed by atoms with Crippen LogP contribution in [-0.2, 0) is 4.79 Å². The van der Waals surface area contributed by atoms with Gasteiger partial charge in [-0.1, -0.05) is 13.8 Å². The quantitative estimate of drug-likeness (QED) is 0.615. The molecule has 0 aromatic rings. The van der Waals surface area contributed by atoms with Crippen molar-refractivity contribution in [2.24, 2.45) is 0 Å². The first-order valence-corrected chi connectivity index (χ1v) is 5.84. The first-order valence-electron chi connectivity index (χ1n) is 5.84. The van der Waals surface area contributed by atoms with E-state index >= 15 is 0 Å². The molecule has 6 heteroatoms. The number of carbonyl (C=O) groups excluding carboxylic acids is 1. The van der Waals surface area contributed by atoms with E-state index in [0.717, 1.165) is 12.8 Å². The first-order chi connectivity index (χ1) is 7.97. The topological polar surface area (TPSA) is 89.9 Å². The summed E-state index contributed by atoms with van der Waals surface area (Å²) in [5.74, 6) is -1.13. The maximum atomic E-state index is 11.8. The Kier molecular flexibility index (Phi) is 7.29. The molecule has 0 rings (SSSR count). The summed E-state index contributed by atoms with van der Waals surface area (Å²) in [5, 5.41) is 19.9. The number of urea groups is 1. The minimum absolute atomic E-state index is 0.0117. The van der Waals surface area contributed by atoms with Crippen molar-refractivity contribution < 1.29 is 19.8 Å². The molecule has 0 aliphatic carbocycles. The molecule has 1 atom stereocenters. The molecule has 3 N–H and O–H groups in total. The van der Waals surface area contributed by atoms with Crippen molar-refractivity contribution >= 4 is 12.0 Å². The molecule has 0 saturated carbocycles. The third-order valence-corrected chi connectivity index (χ3v) is 2.82. The number of nitrogens with one attached hydrogen (secondary N) is 1. The van der Waals surface area contributed by atoms with Gasteiger partial charge < -0.3 is 20.4 Å². The van der Waals surface area contributed by atoms with Gasteiger partial charge in [-0.3, -0.25) is 0 Å². The zero-order chi connectivity index (χ0) is 13.4. The summed E-state index contributed by atoms with van der Waals surface area (Å²) in [6.07, 6.45) is 1.65. The number of amides is 2. The Morgan fingerprint density at radius 1 is 1.29 bits per heavy atom. The average Bonchev–Trinajstić information content (AvgIpc) is 2.29. The van der Waals surface area contributed by atoms with Gasteiger partial charge in [0.1, 0.15) is 6.04 Å². The summed E-state index contributed by atoms with van der Waals surface area (Å²) in [4.78, 5) is 24.1. The molecular weight excluding hydrogens is 224 g/mol. The van der Waals surface area contributed by atoms with E-state index in [-0.39, 0.29) is 19.1 Å². The molecule has 0 aromatic heterocycles. The zero-order valence-corrected chi connectivity index (χ0v) is 10.6. The maximum absolute atomic E-state index is 11.8. The highest BCUT2D eigenvalue weighted by molar-refractivity contribution is 5.82. The van der Waals surface area contributed by atoms with Crippen LogP contribution in [0.5, 0.6) is 0 Å². The van der Waals surface area contributed by atoms with E-state index < -0.39 is 18.0 Å². The van der Waals surface area contributed by atoms with Gasteiger partial charge in [-0.15, -0.1) is 0 Å². The number of nitrogens with zero attached hydrogens (tertiary/aromatic N) is 1. The summed E-state index contributed by atoms with van der Waals surface area (Å²) >= 11 is 0. The second-order valence-electron chi connectivity index (χ2n) is 3.93. The van der Waals surface area contributed by atoms with Gasteiger partial charge in [0.25, 0.3) is 0 Å². The van der Waals surface area contributed by atoms with Crippen molar-refractivity contribution in [1.29, 1.82) is 0 Å². The van der Waals surface area contributed by atoms with Crippen molar-refractivity contribution in [3.8, 4) is 0 Å². The minimum atomic E-state index is -1.13. The van der Waals surface area contributed by atoms with E-state index in [2.05, 4.69) is 5.32 Å². The normalized spacial score (nSPS) is 12.3. The number of hydrogen-bond acceptors (Lipinski definition) is 3. The summed E-state index contributed by atoms with van der Waals surface area (Å²) in [6.45, 7) is 3.67. The number of rotatable bonds is 7. The Hall–Kier alpha value is -1.30. The van der Waals surface area contributed by atoms with E-state index in [4.69, 9.17) is 10.2 Å². The fourth-order valence-corrected chi connectivity index (χ4v) is 1.64. The van der Waals surface area contributed by atoms with Crippen LogP contribution >= 0.6 is 0 Å². The Morgan fingerprint density at radius 3 is 2.18 bits per heavy atom. The SMILES string of the molecule is CCC(CC)N(C)C(=O)N[C@@H](CCO)C(=O)O. The maximum Gasteiger partial charge on any atom is 0.326 e. The highest BCUT2D eigenvalue weighted by Crippen LogP contribution is 2.06. The van der Waals surface area contributed by atoms with Crippen LogP contribution in [0.3, 0.4) is 0 Å². The lowest BCUT2D eigenvalue weighted by Gasteiger charge is -2.27. The molecule has 0 bridgehead atoms. The summed E-state index contributed by atoms with van der Waals surface area (Å²) < 4.78 is 0. The number of aliphatic hydroxyl groups is 1. The summed E-state index contributed by atoms with van der Waals surface area (Å²) in [5.41, 5.74) is 0. The smallest absolute Gasteiger partial charge is 0.326 e. The van der Waals surface area contributed by atoms with Crippen molar-refractivity contribution in [3.05, 3.63) is 0 Å². The number of carboxylic acid groups (broad SMARTS) is 1. The summed E-state index contributed by atoms with van der Waals surface area (Å²) in [6, 6.07) is -1.36. The highest BCUT2D eigenvalue weighted by Gasteiger charge is 2.23. The van der Waals surface area contributed by atoms with Gasteiger partial charge >= 0.3 is 12.0 Å². The Labute approximate surface area is 102 Å². The molecule has 0 fully saturated rings. The van der Waals surface area contributed by atoms with Crippen LogP contribution in [-0.4, -0.2) is 52.9 Å². The standard InChI is InChI=1S/C11H22N2O4/c1-4-8(5-2)13(3)11(17)12-9(6-7-14)10(15)16/h8-9,14H,4-7H2,1-3H3,(H,12,17)(H,15,16)/t9-/m0/s1. The van der Waals surface area contributed by atoms with Gasteiger partial charge in [-0.2, -0.15) is 0 Å².